The van der Waals surface area contributed by atoms with Crippen LogP contribution >= 0.6 is 0 Å². The molecule has 0 unspecified atom stereocenters. The van der Waals surface area contributed by atoms with Crippen LogP contribution in [0.25, 0.3) is 0 Å². The molecule has 0 heterocycles. The molecule has 0 aliphatic heterocycles. The van der Waals surface area contributed by atoms with Gasteiger partial charge in [-0.1, -0.05) is 34.6 Å². The van der Waals surface area contributed by atoms with Gasteiger partial charge >= 0.3 is 5.97 Å². The Bertz CT molecular complexity index is 617. The van der Waals surface area contributed by atoms with E-state index in [9.17, 15) is 15.0 Å². The number of esters is 1. The highest BCUT2D eigenvalue weighted by atomic mass is 16.6. The van der Waals surface area contributed by atoms with Gasteiger partial charge in [0.25, 0.3) is 0 Å². The molecule has 10 atom stereocenters. The zero-order valence-corrected chi connectivity index (χ0v) is 17.2. The SMILES string of the molecule is CC(=O)O[C@@H]1[C@@H](O)[C@@]2(C)C[C@H]2[C@@H]2[C@H]3[C@@H](C(C)C)[C@@H](O)C[C@]3(C)CC[C@]21C. The summed E-state index contributed by atoms with van der Waals surface area (Å²) in [5, 5.41) is 22.0. The number of aliphatic hydroxyl groups excluding tert-OH is 2. The van der Waals surface area contributed by atoms with Gasteiger partial charge in [-0.3, -0.25) is 4.79 Å². The molecule has 4 rings (SSSR count). The zero-order valence-electron chi connectivity index (χ0n) is 17.2. The molecule has 2 N–H and O–H groups in total. The van der Waals surface area contributed by atoms with E-state index in [0.717, 1.165) is 25.7 Å². The van der Waals surface area contributed by atoms with Gasteiger partial charge in [0.05, 0.1) is 12.2 Å². The van der Waals surface area contributed by atoms with Crippen molar-refractivity contribution in [1.82, 2.24) is 0 Å². The van der Waals surface area contributed by atoms with Crippen LogP contribution in [-0.4, -0.2) is 34.5 Å². The van der Waals surface area contributed by atoms with Crippen molar-refractivity contribution < 1.29 is 19.7 Å². The minimum absolute atomic E-state index is 0.141. The highest BCUT2D eigenvalue weighted by Crippen LogP contribution is 2.76. The Morgan fingerprint density at radius 1 is 1.04 bits per heavy atom. The van der Waals surface area contributed by atoms with Crippen molar-refractivity contribution in [2.75, 3.05) is 0 Å². The Morgan fingerprint density at radius 2 is 1.69 bits per heavy atom. The molecular formula is C22H36O4. The standard InChI is InChI=1S/C22H36O4/c1-11(2)15-14(24)10-20(4)7-8-21(5)16(17(15)20)13-9-22(13,6)18(25)19(21)26-12(3)23/h11,13-19,24-25H,7-10H2,1-6H3/t13-,14-,15-,16+,17+,18+,19+,20-,21+,22-/m0/s1. The van der Waals surface area contributed by atoms with Crippen LogP contribution in [-0.2, 0) is 9.53 Å². The van der Waals surface area contributed by atoms with Gasteiger partial charge in [0, 0.05) is 17.8 Å². The lowest BCUT2D eigenvalue weighted by molar-refractivity contribution is -0.213. The van der Waals surface area contributed by atoms with Gasteiger partial charge in [-0.25, -0.2) is 0 Å². The second kappa shape index (κ2) is 5.47. The lowest BCUT2D eigenvalue weighted by atomic mass is 9.46. The lowest BCUT2D eigenvalue weighted by Gasteiger charge is -2.60. The van der Waals surface area contributed by atoms with Crippen molar-refractivity contribution in [2.45, 2.75) is 85.5 Å². The molecule has 4 aliphatic rings. The number of fused-ring (bicyclic) bond motifs is 5. The molecule has 0 spiro atoms. The summed E-state index contributed by atoms with van der Waals surface area (Å²) in [5.74, 6) is 1.76. The number of ether oxygens (including phenoxy) is 1. The van der Waals surface area contributed by atoms with E-state index < -0.39 is 12.2 Å². The Hall–Kier alpha value is -0.610. The second-order valence-electron chi connectivity index (χ2n) is 11.1. The van der Waals surface area contributed by atoms with Gasteiger partial charge in [-0.05, 0) is 60.7 Å². The van der Waals surface area contributed by atoms with Crippen molar-refractivity contribution in [3.8, 4) is 0 Å². The fourth-order valence-electron chi connectivity index (χ4n) is 7.80. The summed E-state index contributed by atoms with van der Waals surface area (Å²) in [7, 11) is 0. The fraction of sp³-hybridized carbons (Fsp3) is 0.955. The summed E-state index contributed by atoms with van der Waals surface area (Å²) in [4.78, 5) is 11.8. The molecule has 4 heteroatoms. The highest BCUT2D eigenvalue weighted by molar-refractivity contribution is 5.66. The Morgan fingerprint density at radius 3 is 2.27 bits per heavy atom. The van der Waals surface area contributed by atoms with Crippen LogP contribution in [0, 0.1) is 45.8 Å². The van der Waals surface area contributed by atoms with Gasteiger partial charge in [0.1, 0.15) is 6.10 Å². The number of aliphatic hydroxyl groups is 2. The predicted molar refractivity (Wildman–Crippen MR) is 99.2 cm³/mol. The van der Waals surface area contributed by atoms with E-state index in [1.807, 2.05) is 0 Å². The van der Waals surface area contributed by atoms with Gasteiger partial charge in [-0.2, -0.15) is 0 Å². The van der Waals surface area contributed by atoms with E-state index in [0.29, 0.717) is 29.6 Å². The van der Waals surface area contributed by atoms with Crippen LogP contribution in [0.4, 0.5) is 0 Å². The molecule has 148 valence electrons. The monoisotopic (exact) mass is 364 g/mol. The van der Waals surface area contributed by atoms with E-state index in [1.54, 1.807) is 0 Å². The van der Waals surface area contributed by atoms with Crippen molar-refractivity contribution in [2.24, 2.45) is 45.8 Å². The highest BCUT2D eigenvalue weighted by Gasteiger charge is 2.76. The normalized spacial score (nSPS) is 58.0. The Balaban J connectivity index is 1.80. The largest absolute Gasteiger partial charge is 0.459 e. The summed E-state index contributed by atoms with van der Waals surface area (Å²) in [6, 6.07) is 0. The lowest BCUT2D eigenvalue weighted by Crippen LogP contribution is -2.62. The molecule has 0 aromatic heterocycles. The van der Waals surface area contributed by atoms with Gasteiger partial charge in [0.15, 0.2) is 0 Å². The minimum atomic E-state index is -0.578. The van der Waals surface area contributed by atoms with Crippen LogP contribution in [0.3, 0.4) is 0 Å². The molecule has 0 amide bonds. The molecule has 4 saturated carbocycles. The van der Waals surface area contributed by atoms with Crippen LogP contribution < -0.4 is 0 Å². The summed E-state index contributed by atoms with van der Waals surface area (Å²) >= 11 is 0. The van der Waals surface area contributed by atoms with Crippen LogP contribution in [0.15, 0.2) is 0 Å². The number of carbonyl (C=O) groups excluding carboxylic acids is 1. The molecular weight excluding hydrogens is 328 g/mol. The van der Waals surface area contributed by atoms with Crippen molar-refractivity contribution >= 4 is 5.97 Å². The molecule has 4 nitrogen and oxygen atoms in total. The maximum Gasteiger partial charge on any atom is 0.303 e. The number of hydrogen-bond acceptors (Lipinski definition) is 4. The third-order valence-electron chi connectivity index (χ3n) is 9.18. The van der Waals surface area contributed by atoms with Gasteiger partial charge in [-0.15, -0.1) is 0 Å². The summed E-state index contributed by atoms with van der Waals surface area (Å²) < 4.78 is 5.79. The molecule has 0 aromatic rings. The van der Waals surface area contributed by atoms with E-state index in [1.165, 1.54) is 6.92 Å². The zero-order chi connectivity index (χ0) is 19.2. The quantitative estimate of drug-likeness (QED) is 0.737. The summed E-state index contributed by atoms with van der Waals surface area (Å²) in [6.45, 7) is 12.7. The Labute approximate surface area is 157 Å². The molecule has 26 heavy (non-hydrogen) atoms. The molecule has 0 saturated heterocycles. The predicted octanol–water partition coefficient (Wildman–Crippen LogP) is 3.39. The Kier molecular flexibility index (Phi) is 3.94. The fourth-order valence-corrected chi connectivity index (χ4v) is 7.80. The van der Waals surface area contributed by atoms with Crippen molar-refractivity contribution in [3.05, 3.63) is 0 Å². The third kappa shape index (κ3) is 2.24. The first kappa shape index (κ1) is 18.7. The third-order valence-corrected chi connectivity index (χ3v) is 9.18. The molecule has 0 radical (unpaired) electrons. The smallest absolute Gasteiger partial charge is 0.303 e. The van der Waals surface area contributed by atoms with Crippen LogP contribution in [0.5, 0.6) is 0 Å². The first-order chi connectivity index (χ1) is 12.0. The van der Waals surface area contributed by atoms with E-state index in [4.69, 9.17) is 4.74 Å². The maximum atomic E-state index is 11.8. The first-order valence-corrected chi connectivity index (χ1v) is 10.5. The molecule has 0 bridgehead atoms. The van der Waals surface area contributed by atoms with Crippen LogP contribution in [0.1, 0.15) is 67.2 Å². The second-order valence-corrected chi connectivity index (χ2v) is 11.1. The number of hydrogen-bond donors (Lipinski definition) is 2. The minimum Gasteiger partial charge on any atom is -0.459 e. The topological polar surface area (TPSA) is 66.8 Å². The van der Waals surface area contributed by atoms with Gasteiger partial charge < -0.3 is 14.9 Å². The van der Waals surface area contributed by atoms with E-state index in [2.05, 4.69) is 34.6 Å². The van der Waals surface area contributed by atoms with E-state index >= 15 is 0 Å². The number of rotatable bonds is 2. The van der Waals surface area contributed by atoms with Crippen molar-refractivity contribution in [3.63, 3.8) is 0 Å². The van der Waals surface area contributed by atoms with Crippen molar-refractivity contribution in [1.29, 1.82) is 0 Å². The molecule has 0 aromatic carbocycles. The number of carbonyl (C=O) groups is 1. The first-order valence-electron chi connectivity index (χ1n) is 10.5. The van der Waals surface area contributed by atoms with Crippen LogP contribution in [0.2, 0.25) is 0 Å². The summed E-state index contributed by atoms with van der Waals surface area (Å²) in [6.07, 6.45) is 2.66. The summed E-state index contributed by atoms with van der Waals surface area (Å²) in [5.41, 5.74) is -0.185. The average molecular weight is 365 g/mol. The maximum absolute atomic E-state index is 11.8. The molecule has 4 fully saturated rings. The van der Waals surface area contributed by atoms with E-state index in [-0.39, 0.29) is 28.3 Å². The average Bonchev–Trinajstić information content (AvgIpc) is 3.11. The van der Waals surface area contributed by atoms with Gasteiger partial charge in [0.2, 0.25) is 0 Å². The molecule has 4 aliphatic carbocycles.